The van der Waals surface area contributed by atoms with Gasteiger partial charge in [-0.05, 0) is 26.0 Å². The molecule has 0 aliphatic heterocycles. The molecule has 0 spiro atoms. The van der Waals surface area contributed by atoms with E-state index in [0.717, 1.165) is 0 Å². The largest absolute Gasteiger partial charge is 0.389 e. The van der Waals surface area contributed by atoms with Crippen LogP contribution in [0.25, 0.3) is 0 Å². The minimum atomic E-state index is -0.910. The molecule has 2 N–H and O–H groups in total. The molecule has 0 radical (unpaired) electrons. The summed E-state index contributed by atoms with van der Waals surface area (Å²) in [5, 5.41) is 12.7. The topological polar surface area (TPSA) is 65.5 Å². The van der Waals surface area contributed by atoms with E-state index in [0.29, 0.717) is 10.8 Å². The van der Waals surface area contributed by atoms with Crippen LogP contribution in [0.1, 0.15) is 13.8 Å². The van der Waals surface area contributed by atoms with E-state index in [1.807, 2.05) is 0 Å². The second kappa shape index (κ2) is 6.02. The molecule has 0 saturated carbocycles. The highest BCUT2D eigenvalue weighted by atomic mass is 35.5. The second-order valence-electron chi connectivity index (χ2n) is 4.78. The lowest BCUT2D eigenvalue weighted by Gasteiger charge is -2.21. The number of nitrogens with zero attached hydrogens (tertiary/aromatic N) is 2. The van der Waals surface area contributed by atoms with Gasteiger partial charge in [-0.2, -0.15) is 0 Å². The molecule has 0 aromatic carbocycles. The molecule has 1 aromatic rings. The van der Waals surface area contributed by atoms with E-state index in [4.69, 9.17) is 11.6 Å². The Labute approximate surface area is 112 Å². The summed E-state index contributed by atoms with van der Waals surface area (Å²) in [5.74, 6) is 0.495. The molecule has 0 atom stereocenters. The summed E-state index contributed by atoms with van der Waals surface area (Å²) in [4.78, 5) is 17.4. The van der Waals surface area contributed by atoms with Crippen LogP contribution in [0, 0.1) is 0 Å². The molecule has 100 valence electrons. The number of pyridine rings is 1. The Balaban J connectivity index is 2.47. The first-order valence-electron chi connectivity index (χ1n) is 5.60. The minimum absolute atomic E-state index is 0.170. The summed E-state index contributed by atoms with van der Waals surface area (Å²) >= 11 is 5.73. The summed E-state index contributed by atoms with van der Waals surface area (Å²) in [6, 6.07) is 3.46. The van der Waals surface area contributed by atoms with Crippen molar-refractivity contribution in [3.05, 3.63) is 23.4 Å². The maximum Gasteiger partial charge on any atom is 0.239 e. The Morgan fingerprint density at radius 1 is 1.56 bits per heavy atom. The Bertz CT molecular complexity index is 401. The van der Waals surface area contributed by atoms with Crippen LogP contribution < -0.4 is 10.2 Å². The van der Waals surface area contributed by atoms with Crippen molar-refractivity contribution in [3.63, 3.8) is 0 Å². The molecule has 5 nitrogen and oxygen atoms in total. The molecule has 6 heteroatoms. The molecule has 0 bridgehead atoms. The van der Waals surface area contributed by atoms with Crippen molar-refractivity contribution < 1.29 is 9.90 Å². The number of nitrogens with one attached hydrogen (secondary N) is 1. The number of aromatic nitrogens is 1. The van der Waals surface area contributed by atoms with Gasteiger partial charge in [0.25, 0.3) is 0 Å². The fourth-order valence-corrected chi connectivity index (χ4v) is 1.37. The number of likely N-dealkylation sites (N-methyl/N-ethyl adjacent to an activating group) is 1. The predicted molar refractivity (Wildman–Crippen MR) is 71.8 cm³/mol. The molecule has 0 aliphatic carbocycles. The van der Waals surface area contributed by atoms with Crippen LogP contribution in [0.2, 0.25) is 5.02 Å². The first-order chi connectivity index (χ1) is 8.28. The maximum atomic E-state index is 11.6. The van der Waals surface area contributed by atoms with Crippen LogP contribution in [-0.4, -0.2) is 41.7 Å². The van der Waals surface area contributed by atoms with E-state index < -0.39 is 5.60 Å². The van der Waals surface area contributed by atoms with Gasteiger partial charge in [0.1, 0.15) is 5.82 Å². The van der Waals surface area contributed by atoms with Crippen LogP contribution in [0.5, 0.6) is 0 Å². The summed E-state index contributed by atoms with van der Waals surface area (Å²) in [7, 11) is 1.76. The fraction of sp³-hybridized carbons (Fsp3) is 0.500. The van der Waals surface area contributed by atoms with Gasteiger partial charge in [0.05, 0.1) is 17.2 Å². The van der Waals surface area contributed by atoms with Crippen molar-refractivity contribution >= 4 is 23.3 Å². The monoisotopic (exact) mass is 271 g/mol. The first kappa shape index (κ1) is 14.7. The predicted octanol–water partition coefficient (Wildman–Crippen LogP) is 1.06. The van der Waals surface area contributed by atoms with Crippen LogP contribution >= 0.6 is 11.6 Å². The van der Waals surface area contributed by atoms with Gasteiger partial charge in [0.15, 0.2) is 0 Å². The van der Waals surface area contributed by atoms with Crippen molar-refractivity contribution in [2.24, 2.45) is 0 Å². The number of amides is 1. The molecule has 0 aliphatic rings. The number of carbonyl (C=O) groups is 1. The molecule has 1 aromatic heterocycles. The van der Waals surface area contributed by atoms with E-state index in [2.05, 4.69) is 10.3 Å². The van der Waals surface area contributed by atoms with Crippen molar-refractivity contribution in [2.75, 3.05) is 25.0 Å². The van der Waals surface area contributed by atoms with Gasteiger partial charge in [0, 0.05) is 19.8 Å². The molecule has 18 heavy (non-hydrogen) atoms. The lowest BCUT2D eigenvalue weighted by atomic mass is 10.1. The normalized spacial score (nSPS) is 11.2. The average Bonchev–Trinajstić information content (AvgIpc) is 2.26. The zero-order valence-electron chi connectivity index (χ0n) is 10.8. The van der Waals surface area contributed by atoms with Gasteiger partial charge in [-0.25, -0.2) is 4.98 Å². The Kier molecular flexibility index (Phi) is 4.93. The van der Waals surface area contributed by atoms with Crippen LogP contribution in [0.4, 0.5) is 5.82 Å². The summed E-state index contributed by atoms with van der Waals surface area (Å²) < 4.78 is 0. The van der Waals surface area contributed by atoms with Crippen LogP contribution in [0.3, 0.4) is 0 Å². The average molecular weight is 272 g/mol. The minimum Gasteiger partial charge on any atom is -0.389 e. The number of halogens is 1. The highest BCUT2D eigenvalue weighted by Gasteiger charge is 2.15. The number of carbonyl (C=O) groups excluding carboxylic acids is 1. The zero-order chi connectivity index (χ0) is 13.8. The number of hydrogen-bond donors (Lipinski definition) is 2. The third-order valence-electron chi connectivity index (χ3n) is 2.20. The van der Waals surface area contributed by atoms with Gasteiger partial charge in [0.2, 0.25) is 5.91 Å². The molecule has 1 amide bonds. The third-order valence-corrected chi connectivity index (χ3v) is 2.43. The molecule has 0 fully saturated rings. The van der Waals surface area contributed by atoms with Crippen LogP contribution in [-0.2, 0) is 4.79 Å². The Hall–Kier alpha value is -1.33. The maximum absolute atomic E-state index is 11.6. The quantitative estimate of drug-likeness (QED) is 0.840. The number of aliphatic hydroxyl groups is 1. The van der Waals surface area contributed by atoms with Gasteiger partial charge >= 0.3 is 0 Å². The second-order valence-corrected chi connectivity index (χ2v) is 5.22. The molecule has 1 rings (SSSR count). The fourth-order valence-electron chi connectivity index (χ4n) is 1.26. The van der Waals surface area contributed by atoms with E-state index >= 15 is 0 Å². The van der Waals surface area contributed by atoms with Crippen molar-refractivity contribution in [1.29, 1.82) is 0 Å². The molecular weight excluding hydrogens is 254 g/mol. The van der Waals surface area contributed by atoms with E-state index in [-0.39, 0.29) is 19.0 Å². The Morgan fingerprint density at radius 2 is 2.22 bits per heavy atom. The first-order valence-corrected chi connectivity index (χ1v) is 5.97. The van der Waals surface area contributed by atoms with E-state index in [9.17, 15) is 9.90 Å². The third kappa shape index (κ3) is 5.33. The Morgan fingerprint density at radius 3 is 2.72 bits per heavy atom. The molecule has 0 unspecified atom stereocenters. The lowest BCUT2D eigenvalue weighted by Crippen LogP contribution is -2.42. The van der Waals surface area contributed by atoms with E-state index in [1.54, 1.807) is 37.9 Å². The van der Waals surface area contributed by atoms with Crippen molar-refractivity contribution in [2.45, 2.75) is 19.4 Å². The molecule has 0 saturated heterocycles. The number of anilines is 1. The van der Waals surface area contributed by atoms with Crippen LogP contribution in [0.15, 0.2) is 18.3 Å². The molecule has 1 heterocycles. The van der Waals surface area contributed by atoms with Gasteiger partial charge < -0.3 is 15.3 Å². The smallest absolute Gasteiger partial charge is 0.239 e. The van der Waals surface area contributed by atoms with Gasteiger partial charge in [-0.3, -0.25) is 4.79 Å². The SMILES string of the molecule is CN(CC(=O)NCC(C)(C)O)c1ccc(Cl)cn1. The van der Waals surface area contributed by atoms with Gasteiger partial charge in [-0.1, -0.05) is 11.6 Å². The highest BCUT2D eigenvalue weighted by molar-refractivity contribution is 6.30. The van der Waals surface area contributed by atoms with Crippen molar-refractivity contribution in [1.82, 2.24) is 10.3 Å². The zero-order valence-corrected chi connectivity index (χ0v) is 11.5. The number of hydrogen-bond acceptors (Lipinski definition) is 4. The highest BCUT2D eigenvalue weighted by Crippen LogP contribution is 2.12. The van der Waals surface area contributed by atoms with E-state index in [1.165, 1.54) is 6.20 Å². The number of rotatable bonds is 5. The summed E-state index contributed by atoms with van der Waals surface area (Å²) in [6.07, 6.45) is 1.53. The summed E-state index contributed by atoms with van der Waals surface area (Å²) in [6.45, 7) is 3.66. The summed E-state index contributed by atoms with van der Waals surface area (Å²) in [5.41, 5.74) is -0.910. The van der Waals surface area contributed by atoms with Crippen molar-refractivity contribution in [3.8, 4) is 0 Å². The molecular formula is C12H18ClN3O2. The standard InChI is InChI=1S/C12H18ClN3O2/c1-12(2,18)8-15-11(17)7-16(3)10-5-4-9(13)6-14-10/h4-6,18H,7-8H2,1-3H3,(H,15,17). The lowest BCUT2D eigenvalue weighted by molar-refractivity contribution is -0.120. The van der Waals surface area contributed by atoms with Gasteiger partial charge in [-0.15, -0.1) is 0 Å².